The Morgan fingerprint density at radius 1 is 1.29 bits per heavy atom. The van der Waals surface area contributed by atoms with Crippen LogP contribution in [-0.2, 0) is 11.3 Å². The van der Waals surface area contributed by atoms with Gasteiger partial charge in [0.1, 0.15) is 0 Å². The number of nitrogens with zero attached hydrogens (tertiary/aromatic N) is 2. The molecule has 2 rings (SSSR count). The minimum absolute atomic E-state index is 0.894. The number of hydrogen-bond donors (Lipinski definition) is 0. The van der Waals surface area contributed by atoms with Crippen molar-refractivity contribution >= 4 is 0 Å². The van der Waals surface area contributed by atoms with Gasteiger partial charge in [-0.3, -0.25) is 4.90 Å². The van der Waals surface area contributed by atoms with Gasteiger partial charge in [0.2, 0.25) is 0 Å². The van der Waals surface area contributed by atoms with Crippen molar-refractivity contribution in [1.82, 2.24) is 9.47 Å². The second-order valence-corrected chi connectivity index (χ2v) is 3.88. The summed E-state index contributed by atoms with van der Waals surface area (Å²) in [5, 5.41) is 0. The summed E-state index contributed by atoms with van der Waals surface area (Å²) in [5.41, 5.74) is 1.34. The highest BCUT2D eigenvalue weighted by atomic mass is 16.5. The minimum Gasteiger partial charge on any atom is -0.379 e. The van der Waals surface area contributed by atoms with Gasteiger partial charge in [-0.05, 0) is 18.6 Å². The number of ether oxygens (including phenoxy) is 1. The van der Waals surface area contributed by atoms with E-state index < -0.39 is 0 Å². The predicted octanol–water partition coefficient (Wildman–Crippen LogP) is 1.13. The molecular formula is C11H18N2O. The van der Waals surface area contributed by atoms with E-state index in [1.807, 2.05) is 0 Å². The summed E-state index contributed by atoms with van der Waals surface area (Å²) in [4.78, 5) is 2.46. The summed E-state index contributed by atoms with van der Waals surface area (Å²) >= 11 is 0. The van der Waals surface area contributed by atoms with Crippen LogP contribution in [0.5, 0.6) is 0 Å². The molecule has 0 spiro atoms. The fourth-order valence-electron chi connectivity index (χ4n) is 1.78. The number of aryl methyl sites for hydroxylation is 1. The molecule has 1 aliphatic rings. The van der Waals surface area contributed by atoms with Crippen LogP contribution >= 0.6 is 0 Å². The molecule has 78 valence electrons. The van der Waals surface area contributed by atoms with E-state index in [-0.39, 0.29) is 0 Å². The van der Waals surface area contributed by atoms with E-state index in [2.05, 4.69) is 34.9 Å². The molecule has 0 amide bonds. The van der Waals surface area contributed by atoms with E-state index in [1.54, 1.807) is 0 Å². The molecule has 0 N–H and O–H groups in total. The first-order chi connectivity index (χ1) is 6.84. The first-order valence-corrected chi connectivity index (χ1v) is 5.27. The molecule has 0 bridgehead atoms. The SMILES string of the molecule is Cc1ccn(CCN2CCOCC2)c1. The van der Waals surface area contributed by atoms with Crippen LogP contribution in [0, 0.1) is 6.92 Å². The second-order valence-electron chi connectivity index (χ2n) is 3.88. The van der Waals surface area contributed by atoms with Crippen LogP contribution in [0.15, 0.2) is 18.5 Å². The van der Waals surface area contributed by atoms with Gasteiger partial charge in [0.25, 0.3) is 0 Å². The average Bonchev–Trinajstić information content (AvgIpc) is 2.63. The molecule has 1 aliphatic heterocycles. The molecule has 1 aromatic rings. The zero-order valence-corrected chi connectivity index (χ0v) is 8.78. The largest absolute Gasteiger partial charge is 0.379 e. The Kier molecular flexibility index (Phi) is 3.22. The maximum Gasteiger partial charge on any atom is 0.0594 e. The monoisotopic (exact) mass is 194 g/mol. The number of aromatic nitrogens is 1. The smallest absolute Gasteiger partial charge is 0.0594 e. The first-order valence-electron chi connectivity index (χ1n) is 5.27. The summed E-state index contributed by atoms with van der Waals surface area (Å²) in [5.74, 6) is 0. The Bertz CT molecular complexity index is 277. The Labute approximate surface area is 85.3 Å². The van der Waals surface area contributed by atoms with Gasteiger partial charge in [0, 0.05) is 38.6 Å². The van der Waals surface area contributed by atoms with Crippen LogP contribution in [0.2, 0.25) is 0 Å². The Balaban J connectivity index is 1.76. The molecule has 0 aromatic carbocycles. The Morgan fingerprint density at radius 3 is 2.71 bits per heavy atom. The zero-order chi connectivity index (χ0) is 9.80. The van der Waals surface area contributed by atoms with Crippen molar-refractivity contribution < 1.29 is 4.74 Å². The molecule has 1 aromatic heterocycles. The van der Waals surface area contributed by atoms with Crippen molar-refractivity contribution in [2.75, 3.05) is 32.8 Å². The standard InChI is InChI=1S/C11H18N2O/c1-11-2-3-13(10-11)5-4-12-6-8-14-9-7-12/h2-3,10H,4-9H2,1H3. The van der Waals surface area contributed by atoms with Gasteiger partial charge in [-0.2, -0.15) is 0 Å². The molecule has 0 radical (unpaired) electrons. The quantitative estimate of drug-likeness (QED) is 0.717. The fraction of sp³-hybridized carbons (Fsp3) is 0.636. The molecule has 0 aliphatic carbocycles. The molecule has 1 fully saturated rings. The van der Waals surface area contributed by atoms with E-state index >= 15 is 0 Å². The van der Waals surface area contributed by atoms with Crippen molar-refractivity contribution in [3.63, 3.8) is 0 Å². The summed E-state index contributed by atoms with van der Waals surface area (Å²) < 4.78 is 7.56. The predicted molar refractivity (Wildman–Crippen MR) is 56.4 cm³/mol. The van der Waals surface area contributed by atoms with E-state index in [4.69, 9.17) is 4.74 Å². The second kappa shape index (κ2) is 4.62. The number of rotatable bonds is 3. The van der Waals surface area contributed by atoms with Gasteiger partial charge in [-0.25, -0.2) is 0 Å². The molecule has 0 saturated carbocycles. The average molecular weight is 194 g/mol. The Morgan fingerprint density at radius 2 is 2.07 bits per heavy atom. The molecular weight excluding hydrogens is 176 g/mol. The molecule has 2 heterocycles. The van der Waals surface area contributed by atoms with Crippen LogP contribution in [0.1, 0.15) is 5.56 Å². The molecule has 3 nitrogen and oxygen atoms in total. The molecule has 0 atom stereocenters. The van der Waals surface area contributed by atoms with Gasteiger partial charge in [0.05, 0.1) is 13.2 Å². The van der Waals surface area contributed by atoms with Gasteiger partial charge >= 0.3 is 0 Å². The third kappa shape index (κ3) is 2.59. The van der Waals surface area contributed by atoms with Crippen molar-refractivity contribution in [3.05, 3.63) is 24.0 Å². The molecule has 14 heavy (non-hydrogen) atoms. The zero-order valence-electron chi connectivity index (χ0n) is 8.78. The summed E-state index contributed by atoms with van der Waals surface area (Å²) in [6.07, 6.45) is 4.34. The van der Waals surface area contributed by atoms with Crippen LogP contribution in [0.4, 0.5) is 0 Å². The summed E-state index contributed by atoms with van der Waals surface area (Å²) in [6, 6.07) is 2.15. The lowest BCUT2D eigenvalue weighted by atomic mass is 10.4. The van der Waals surface area contributed by atoms with E-state index in [1.165, 1.54) is 5.56 Å². The molecule has 1 saturated heterocycles. The Hall–Kier alpha value is -0.800. The highest BCUT2D eigenvalue weighted by Gasteiger charge is 2.09. The van der Waals surface area contributed by atoms with E-state index in [0.29, 0.717) is 0 Å². The van der Waals surface area contributed by atoms with Crippen LogP contribution < -0.4 is 0 Å². The highest BCUT2D eigenvalue weighted by Crippen LogP contribution is 2.01. The van der Waals surface area contributed by atoms with Crippen molar-refractivity contribution in [2.24, 2.45) is 0 Å². The molecule has 0 unspecified atom stereocenters. The lowest BCUT2D eigenvalue weighted by Gasteiger charge is -2.26. The first kappa shape index (κ1) is 9.74. The normalized spacial score (nSPS) is 18.6. The topological polar surface area (TPSA) is 17.4 Å². The van der Waals surface area contributed by atoms with Gasteiger partial charge in [-0.1, -0.05) is 0 Å². The third-order valence-corrected chi connectivity index (χ3v) is 2.68. The van der Waals surface area contributed by atoms with Gasteiger partial charge in [0.15, 0.2) is 0 Å². The van der Waals surface area contributed by atoms with Crippen molar-refractivity contribution in [2.45, 2.75) is 13.5 Å². The van der Waals surface area contributed by atoms with Crippen molar-refractivity contribution in [3.8, 4) is 0 Å². The number of morpholine rings is 1. The van der Waals surface area contributed by atoms with Gasteiger partial charge in [-0.15, -0.1) is 0 Å². The van der Waals surface area contributed by atoms with Crippen LogP contribution in [-0.4, -0.2) is 42.3 Å². The minimum atomic E-state index is 0.894. The summed E-state index contributed by atoms with van der Waals surface area (Å²) in [6.45, 7) is 8.31. The fourth-order valence-corrected chi connectivity index (χ4v) is 1.78. The van der Waals surface area contributed by atoms with E-state index in [9.17, 15) is 0 Å². The van der Waals surface area contributed by atoms with Gasteiger partial charge < -0.3 is 9.30 Å². The molecule has 3 heteroatoms. The van der Waals surface area contributed by atoms with Crippen LogP contribution in [0.25, 0.3) is 0 Å². The third-order valence-electron chi connectivity index (χ3n) is 2.68. The lowest BCUT2D eigenvalue weighted by Crippen LogP contribution is -2.38. The van der Waals surface area contributed by atoms with Crippen LogP contribution in [0.3, 0.4) is 0 Å². The summed E-state index contributed by atoms with van der Waals surface area (Å²) in [7, 11) is 0. The highest BCUT2D eigenvalue weighted by molar-refractivity contribution is 5.06. The number of hydrogen-bond acceptors (Lipinski definition) is 2. The maximum atomic E-state index is 5.31. The van der Waals surface area contributed by atoms with Crippen molar-refractivity contribution in [1.29, 1.82) is 0 Å². The lowest BCUT2D eigenvalue weighted by molar-refractivity contribution is 0.0364. The van der Waals surface area contributed by atoms with E-state index in [0.717, 1.165) is 39.4 Å². The maximum absolute atomic E-state index is 5.31.